The van der Waals surface area contributed by atoms with E-state index in [2.05, 4.69) is 4.98 Å². The molecule has 0 aliphatic rings. The molecule has 1 N–H and O–H groups in total. The molecule has 0 aliphatic heterocycles. The first-order valence-electron chi connectivity index (χ1n) is 3.05. The topological polar surface area (TPSA) is 93.3 Å². The van der Waals surface area contributed by atoms with Crippen molar-refractivity contribution in [2.24, 2.45) is 0 Å². The Kier molecular flexibility index (Phi) is 2.43. The first-order chi connectivity index (χ1) is 6.02. The molecule has 0 fully saturated rings. The Morgan fingerprint density at radius 2 is 2.31 bits per heavy atom. The molecule has 0 spiro atoms. The van der Waals surface area contributed by atoms with Crippen molar-refractivity contribution in [3.8, 4) is 0 Å². The molecule has 1 rings (SSSR count). The van der Waals surface area contributed by atoms with Gasteiger partial charge in [-0.3, -0.25) is 10.1 Å². The molecule has 1 heterocycles. The van der Waals surface area contributed by atoms with Gasteiger partial charge in [-0.05, 0) is 0 Å². The summed E-state index contributed by atoms with van der Waals surface area (Å²) in [6.07, 6.45) is 1.04. The molecule has 0 radical (unpaired) electrons. The van der Waals surface area contributed by atoms with E-state index in [1.807, 2.05) is 0 Å². The zero-order valence-electron chi connectivity index (χ0n) is 6.10. The number of nitro groups is 1. The molecule has 0 aromatic carbocycles. The number of carboxylic acids is 1. The first-order valence-corrected chi connectivity index (χ1v) is 3.43. The van der Waals surface area contributed by atoms with Gasteiger partial charge < -0.3 is 5.11 Å². The minimum Gasteiger partial charge on any atom is -0.476 e. The molecule has 7 heteroatoms. The van der Waals surface area contributed by atoms with Crippen LogP contribution in [-0.2, 0) is 0 Å². The average Bonchev–Trinajstić information content (AvgIpc) is 2.03. The molecule has 0 saturated carbocycles. The van der Waals surface area contributed by atoms with Crippen LogP contribution in [0.2, 0.25) is 5.02 Å². The van der Waals surface area contributed by atoms with Crippen molar-refractivity contribution >= 4 is 23.3 Å². The van der Waals surface area contributed by atoms with Crippen LogP contribution in [0.1, 0.15) is 10.5 Å². The fourth-order valence-electron chi connectivity index (χ4n) is 0.733. The number of hydrogen-bond donors (Lipinski definition) is 1. The number of pyridine rings is 1. The molecule has 6 nitrogen and oxygen atoms in total. The minimum absolute atomic E-state index is 0.0247. The van der Waals surface area contributed by atoms with E-state index >= 15 is 0 Å². The summed E-state index contributed by atoms with van der Waals surface area (Å²) < 4.78 is 0. The fraction of sp³-hybridized carbons (Fsp3) is 0. The van der Waals surface area contributed by atoms with Crippen LogP contribution in [0.25, 0.3) is 0 Å². The van der Waals surface area contributed by atoms with Crippen molar-refractivity contribution in [2.75, 3.05) is 0 Å². The van der Waals surface area contributed by atoms with Crippen LogP contribution in [0.5, 0.6) is 0 Å². The molecule has 13 heavy (non-hydrogen) atoms. The highest BCUT2D eigenvalue weighted by atomic mass is 35.5. The van der Waals surface area contributed by atoms with Crippen molar-refractivity contribution < 1.29 is 14.8 Å². The summed E-state index contributed by atoms with van der Waals surface area (Å²) in [5, 5.41) is 18.8. The van der Waals surface area contributed by atoms with E-state index in [0.29, 0.717) is 0 Å². The van der Waals surface area contributed by atoms with Gasteiger partial charge in [-0.25, -0.2) is 9.78 Å². The van der Waals surface area contributed by atoms with Crippen LogP contribution in [0.4, 0.5) is 5.69 Å². The lowest BCUT2D eigenvalue weighted by molar-refractivity contribution is -0.385. The highest BCUT2D eigenvalue weighted by Crippen LogP contribution is 2.20. The van der Waals surface area contributed by atoms with Crippen LogP contribution >= 0.6 is 11.6 Å². The van der Waals surface area contributed by atoms with Gasteiger partial charge >= 0.3 is 11.7 Å². The number of aromatic carboxylic acids is 1. The van der Waals surface area contributed by atoms with E-state index in [-0.39, 0.29) is 5.02 Å². The Balaban J connectivity index is 3.35. The minimum atomic E-state index is -1.46. The molecule has 1 aromatic heterocycles. The lowest BCUT2D eigenvalue weighted by atomic mass is 10.3. The van der Waals surface area contributed by atoms with E-state index in [4.69, 9.17) is 16.7 Å². The van der Waals surface area contributed by atoms with Crippen LogP contribution in [0, 0.1) is 10.1 Å². The monoisotopic (exact) mass is 202 g/mol. The van der Waals surface area contributed by atoms with Crippen LogP contribution in [0.3, 0.4) is 0 Å². The SMILES string of the molecule is O=C(O)c1ncc(Cl)cc1[N+](=O)[O-]. The number of nitrogens with zero attached hydrogens (tertiary/aromatic N) is 2. The van der Waals surface area contributed by atoms with E-state index in [1.54, 1.807) is 0 Å². The van der Waals surface area contributed by atoms with Crippen LogP contribution in [-0.4, -0.2) is 21.0 Å². The van der Waals surface area contributed by atoms with Crippen molar-refractivity contribution in [3.63, 3.8) is 0 Å². The lowest BCUT2D eigenvalue weighted by Crippen LogP contribution is -2.05. The maximum absolute atomic E-state index is 10.4. The molecule has 0 bridgehead atoms. The summed E-state index contributed by atoms with van der Waals surface area (Å²) in [6, 6.07) is 0.942. The van der Waals surface area contributed by atoms with Crippen LogP contribution in [0.15, 0.2) is 12.3 Å². The number of aromatic nitrogens is 1. The highest BCUT2D eigenvalue weighted by Gasteiger charge is 2.21. The third kappa shape index (κ3) is 1.91. The summed E-state index contributed by atoms with van der Waals surface area (Å²) in [5.41, 5.74) is -1.23. The van der Waals surface area contributed by atoms with Gasteiger partial charge in [0.25, 0.3) is 0 Å². The Labute approximate surface area is 76.9 Å². The number of hydrogen-bond acceptors (Lipinski definition) is 4. The van der Waals surface area contributed by atoms with Gasteiger partial charge in [-0.2, -0.15) is 0 Å². The largest absolute Gasteiger partial charge is 0.476 e. The zero-order valence-corrected chi connectivity index (χ0v) is 6.85. The normalized spacial score (nSPS) is 9.62. The molecular weight excluding hydrogens is 200 g/mol. The summed E-state index contributed by atoms with van der Waals surface area (Å²) >= 11 is 5.41. The Hall–Kier alpha value is -1.69. The van der Waals surface area contributed by atoms with Crippen molar-refractivity contribution in [1.82, 2.24) is 4.98 Å². The maximum Gasteiger partial charge on any atom is 0.361 e. The Bertz CT molecular complexity index is 379. The number of carbonyl (C=O) groups is 1. The second-order valence-electron chi connectivity index (χ2n) is 2.08. The number of carboxylic acid groups (broad SMARTS) is 1. The summed E-state index contributed by atoms with van der Waals surface area (Å²) in [5.74, 6) is -1.46. The average molecular weight is 203 g/mol. The standard InChI is InChI=1S/C6H3ClN2O4/c7-3-1-4(9(12)13)5(6(10)11)8-2-3/h1-2H,(H,10,11). The summed E-state index contributed by atoms with van der Waals surface area (Å²) in [6.45, 7) is 0. The van der Waals surface area contributed by atoms with Gasteiger partial charge in [0.05, 0.1) is 9.95 Å². The van der Waals surface area contributed by atoms with E-state index in [9.17, 15) is 14.9 Å². The van der Waals surface area contributed by atoms with E-state index < -0.39 is 22.3 Å². The second-order valence-corrected chi connectivity index (χ2v) is 2.52. The van der Waals surface area contributed by atoms with Crippen molar-refractivity contribution in [1.29, 1.82) is 0 Å². The van der Waals surface area contributed by atoms with Gasteiger partial charge in [-0.15, -0.1) is 0 Å². The smallest absolute Gasteiger partial charge is 0.361 e. The van der Waals surface area contributed by atoms with Gasteiger partial charge in [0.15, 0.2) is 0 Å². The fourth-order valence-corrected chi connectivity index (χ4v) is 0.885. The highest BCUT2D eigenvalue weighted by molar-refractivity contribution is 6.30. The molecule has 0 amide bonds. The second kappa shape index (κ2) is 3.36. The van der Waals surface area contributed by atoms with Crippen LogP contribution < -0.4 is 0 Å². The van der Waals surface area contributed by atoms with E-state index in [0.717, 1.165) is 12.3 Å². The first kappa shape index (κ1) is 9.40. The van der Waals surface area contributed by atoms with Gasteiger partial charge in [-0.1, -0.05) is 11.6 Å². The zero-order chi connectivity index (χ0) is 10.0. The predicted molar refractivity (Wildman–Crippen MR) is 42.9 cm³/mol. The Morgan fingerprint density at radius 1 is 1.69 bits per heavy atom. The number of rotatable bonds is 2. The molecule has 68 valence electrons. The number of halogens is 1. The van der Waals surface area contributed by atoms with Crippen molar-refractivity contribution in [3.05, 3.63) is 33.1 Å². The third-order valence-corrected chi connectivity index (χ3v) is 1.44. The third-order valence-electron chi connectivity index (χ3n) is 1.23. The molecule has 0 saturated heterocycles. The van der Waals surface area contributed by atoms with Gasteiger partial charge in [0.2, 0.25) is 5.69 Å². The summed E-state index contributed by atoms with van der Waals surface area (Å²) in [4.78, 5) is 23.2. The molecular formula is C6H3ClN2O4. The van der Waals surface area contributed by atoms with Gasteiger partial charge in [0.1, 0.15) is 0 Å². The lowest BCUT2D eigenvalue weighted by Gasteiger charge is -1.96. The molecule has 1 aromatic rings. The van der Waals surface area contributed by atoms with E-state index in [1.165, 1.54) is 0 Å². The molecule has 0 unspecified atom stereocenters. The van der Waals surface area contributed by atoms with Gasteiger partial charge in [0, 0.05) is 12.3 Å². The molecule has 0 atom stereocenters. The quantitative estimate of drug-likeness (QED) is 0.577. The summed E-state index contributed by atoms with van der Waals surface area (Å²) in [7, 11) is 0. The Morgan fingerprint density at radius 3 is 2.77 bits per heavy atom. The maximum atomic E-state index is 10.4. The predicted octanol–water partition coefficient (Wildman–Crippen LogP) is 1.34. The van der Waals surface area contributed by atoms with Crippen molar-refractivity contribution in [2.45, 2.75) is 0 Å². The molecule has 0 aliphatic carbocycles.